The van der Waals surface area contributed by atoms with E-state index in [-0.39, 0.29) is 30.6 Å². The van der Waals surface area contributed by atoms with Gasteiger partial charge in [0.25, 0.3) is 5.60 Å². The van der Waals surface area contributed by atoms with E-state index in [2.05, 4.69) is 5.16 Å². The zero-order valence-electron chi connectivity index (χ0n) is 17.4. The van der Waals surface area contributed by atoms with Gasteiger partial charge in [-0.1, -0.05) is 52.6 Å². The van der Waals surface area contributed by atoms with Crippen LogP contribution in [-0.4, -0.2) is 35.8 Å². The molecule has 2 heterocycles. The highest BCUT2D eigenvalue weighted by molar-refractivity contribution is 6.35. The fraction of sp³-hybridized carbons (Fsp3) is 0.391. The number of hydrogen-bond acceptors (Lipinski definition) is 3. The lowest BCUT2D eigenvalue weighted by atomic mass is 9.84. The maximum atomic E-state index is 15.2. The van der Waals surface area contributed by atoms with Gasteiger partial charge in [-0.2, -0.15) is 13.2 Å². The molecule has 4 nitrogen and oxygen atoms in total. The number of carbonyl (C=O) groups excluding carboxylic acids is 1. The van der Waals surface area contributed by atoms with Gasteiger partial charge in [-0.25, -0.2) is 8.78 Å². The van der Waals surface area contributed by atoms with Crippen molar-refractivity contribution < 1.29 is 31.6 Å². The van der Waals surface area contributed by atoms with Crippen molar-refractivity contribution in [3.05, 3.63) is 69.0 Å². The number of carbonyl (C=O) groups is 1. The highest BCUT2D eigenvalue weighted by atomic mass is 35.5. The third-order valence-electron chi connectivity index (χ3n) is 6.49. The summed E-state index contributed by atoms with van der Waals surface area (Å²) < 4.78 is 71.4. The van der Waals surface area contributed by atoms with Gasteiger partial charge in [0.15, 0.2) is 11.5 Å². The molecule has 2 aliphatic heterocycles. The average Bonchev–Trinajstić information content (AvgIpc) is 3.51. The van der Waals surface area contributed by atoms with Gasteiger partial charge in [-0.3, -0.25) is 4.79 Å². The van der Waals surface area contributed by atoms with Crippen molar-refractivity contribution >= 4 is 34.8 Å². The minimum Gasteiger partial charge on any atom is -0.374 e. The molecule has 2 aromatic rings. The van der Waals surface area contributed by atoms with Gasteiger partial charge in [-0.05, 0) is 36.1 Å². The summed E-state index contributed by atoms with van der Waals surface area (Å²) in [5, 5.41) is 2.49. The minimum atomic E-state index is -4.92. The first-order chi connectivity index (χ1) is 15.9. The highest BCUT2D eigenvalue weighted by Crippen LogP contribution is 2.50. The molecule has 1 aliphatic carbocycles. The summed E-state index contributed by atoms with van der Waals surface area (Å²) in [4.78, 5) is 18.4. The molecule has 5 rings (SSSR count). The molecule has 1 saturated heterocycles. The van der Waals surface area contributed by atoms with Crippen LogP contribution in [0.15, 0.2) is 41.6 Å². The first-order valence-corrected chi connectivity index (χ1v) is 11.2. The number of halogens is 7. The molecule has 0 radical (unpaired) electrons. The summed E-state index contributed by atoms with van der Waals surface area (Å²) in [6.07, 6.45) is -3.96. The van der Waals surface area contributed by atoms with Gasteiger partial charge in [0.2, 0.25) is 5.91 Å². The van der Waals surface area contributed by atoms with Crippen LogP contribution in [0.3, 0.4) is 0 Å². The van der Waals surface area contributed by atoms with Crippen LogP contribution in [0, 0.1) is 11.7 Å². The Labute approximate surface area is 201 Å². The average molecular weight is 519 g/mol. The van der Waals surface area contributed by atoms with E-state index in [1.807, 2.05) is 0 Å². The molecule has 1 amide bonds. The zero-order chi connectivity index (χ0) is 24.5. The molecule has 1 atom stereocenters. The Morgan fingerprint density at radius 1 is 1.06 bits per heavy atom. The van der Waals surface area contributed by atoms with E-state index < -0.39 is 45.3 Å². The zero-order valence-corrected chi connectivity index (χ0v) is 18.9. The lowest BCUT2D eigenvalue weighted by Crippen LogP contribution is -2.59. The minimum absolute atomic E-state index is 0.00655. The Hall–Kier alpha value is -2.39. The van der Waals surface area contributed by atoms with E-state index >= 15 is 4.39 Å². The predicted octanol–water partition coefficient (Wildman–Crippen LogP) is 6.13. The van der Waals surface area contributed by atoms with Crippen LogP contribution in [0.1, 0.15) is 36.0 Å². The summed E-state index contributed by atoms with van der Waals surface area (Å²) in [5.41, 5.74) is -4.47. The Balaban J connectivity index is 1.36. The van der Waals surface area contributed by atoms with Crippen molar-refractivity contribution in [3.63, 3.8) is 0 Å². The number of hydrogen-bond donors (Lipinski definition) is 0. The van der Waals surface area contributed by atoms with E-state index in [9.17, 15) is 22.4 Å². The van der Waals surface area contributed by atoms with Crippen molar-refractivity contribution in [2.45, 2.75) is 36.7 Å². The van der Waals surface area contributed by atoms with Gasteiger partial charge in [0.05, 0.1) is 28.8 Å². The summed E-state index contributed by atoms with van der Waals surface area (Å²) in [5.74, 6) is -1.06. The van der Waals surface area contributed by atoms with E-state index in [4.69, 9.17) is 28.0 Å². The van der Waals surface area contributed by atoms with Gasteiger partial charge in [-0.15, -0.1) is 0 Å². The maximum Gasteiger partial charge on any atom is 0.435 e. The Kier molecular flexibility index (Phi) is 5.37. The molecular weight excluding hydrogens is 502 g/mol. The van der Waals surface area contributed by atoms with Gasteiger partial charge in [0, 0.05) is 17.9 Å². The predicted molar refractivity (Wildman–Crippen MR) is 115 cm³/mol. The van der Waals surface area contributed by atoms with Gasteiger partial charge >= 0.3 is 6.18 Å². The Morgan fingerprint density at radius 2 is 1.65 bits per heavy atom. The van der Waals surface area contributed by atoms with Crippen molar-refractivity contribution in [3.8, 4) is 0 Å². The quantitative estimate of drug-likeness (QED) is 0.360. The van der Waals surface area contributed by atoms with Crippen molar-refractivity contribution in [2.24, 2.45) is 11.1 Å². The molecule has 34 heavy (non-hydrogen) atoms. The Bertz CT molecular complexity index is 1170. The largest absolute Gasteiger partial charge is 0.435 e. The fourth-order valence-corrected chi connectivity index (χ4v) is 4.78. The summed E-state index contributed by atoms with van der Waals surface area (Å²) in [6, 6.07) is 7.49. The van der Waals surface area contributed by atoms with E-state index in [1.165, 1.54) is 29.2 Å². The second-order valence-corrected chi connectivity index (χ2v) is 9.71. The Morgan fingerprint density at radius 3 is 2.18 bits per heavy atom. The number of alkyl halides is 4. The molecule has 3 aliphatic rings. The standard InChI is InChI=1S/C23H17Cl2F5N2O2/c24-16-7-15(8-17(25)19(16)26)22(23(28,29)30)9-18(31-34-22)12-3-5-14(6-4-12)21(27)10-32(11-21)20(33)13-1-2-13/h3-8,13H,1-2,9-11H2. The van der Waals surface area contributed by atoms with Crippen LogP contribution in [0.25, 0.3) is 0 Å². The maximum absolute atomic E-state index is 15.2. The number of oxime groups is 1. The molecule has 180 valence electrons. The third-order valence-corrected chi connectivity index (χ3v) is 7.04. The van der Waals surface area contributed by atoms with Crippen molar-refractivity contribution in [2.75, 3.05) is 13.1 Å². The molecule has 0 aromatic heterocycles. The van der Waals surface area contributed by atoms with Crippen LogP contribution in [0.4, 0.5) is 22.0 Å². The van der Waals surface area contributed by atoms with Crippen LogP contribution < -0.4 is 0 Å². The number of nitrogens with zero attached hydrogens (tertiary/aromatic N) is 2. The smallest absolute Gasteiger partial charge is 0.374 e. The number of amides is 1. The molecular formula is C23H17Cl2F5N2O2. The molecule has 1 saturated carbocycles. The van der Waals surface area contributed by atoms with Crippen LogP contribution in [0.5, 0.6) is 0 Å². The van der Waals surface area contributed by atoms with Crippen LogP contribution >= 0.6 is 23.2 Å². The molecule has 0 bridgehead atoms. The molecule has 1 unspecified atom stereocenters. The normalized spacial score (nSPS) is 23.9. The van der Waals surface area contributed by atoms with Crippen LogP contribution in [0.2, 0.25) is 10.0 Å². The fourth-order valence-electron chi connectivity index (χ4n) is 4.29. The summed E-state index contributed by atoms with van der Waals surface area (Å²) in [6.45, 7) is -0.0932. The molecule has 2 aromatic carbocycles. The van der Waals surface area contributed by atoms with Crippen LogP contribution in [-0.2, 0) is 20.9 Å². The summed E-state index contributed by atoms with van der Waals surface area (Å²) in [7, 11) is 0. The van der Waals surface area contributed by atoms with Gasteiger partial charge in [0.1, 0.15) is 0 Å². The van der Waals surface area contributed by atoms with Gasteiger partial charge < -0.3 is 9.74 Å². The van der Waals surface area contributed by atoms with Crippen molar-refractivity contribution in [1.82, 2.24) is 4.90 Å². The molecule has 11 heteroatoms. The van der Waals surface area contributed by atoms with E-state index in [1.54, 1.807) is 0 Å². The SMILES string of the molecule is O=C(C1CC1)N1CC(F)(c2ccc(C3=NOC(c4cc(Cl)c(F)c(Cl)c4)(C(F)(F)F)C3)cc2)C1. The van der Waals surface area contributed by atoms with E-state index in [0.717, 1.165) is 25.0 Å². The topological polar surface area (TPSA) is 41.9 Å². The summed E-state index contributed by atoms with van der Waals surface area (Å²) >= 11 is 11.4. The first kappa shape index (κ1) is 23.4. The third kappa shape index (κ3) is 3.73. The highest BCUT2D eigenvalue weighted by Gasteiger charge is 2.62. The van der Waals surface area contributed by atoms with Crippen molar-refractivity contribution in [1.29, 1.82) is 0 Å². The van der Waals surface area contributed by atoms with E-state index in [0.29, 0.717) is 11.1 Å². The molecule has 0 N–H and O–H groups in total. The monoisotopic (exact) mass is 518 g/mol. The first-order valence-electron chi connectivity index (χ1n) is 10.5. The molecule has 0 spiro atoms. The molecule has 2 fully saturated rings. The lowest BCUT2D eigenvalue weighted by molar-refractivity contribution is -0.275. The number of benzene rings is 2. The second kappa shape index (κ2) is 7.81. The number of likely N-dealkylation sites (tertiary alicyclic amines) is 1. The lowest BCUT2D eigenvalue weighted by Gasteiger charge is -2.45. The second-order valence-electron chi connectivity index (χ2n) is 8.90. The number of rotatable bonds is 4.